The Morgan fingerprint density at radius 2 is 1.78 bits per heavy atom. The maximum Gasteiger partial charge on any atom is 0.194 e. The number of methoxy groups -OCH3 is 1. The average molecular weight is 324 g/mol. The minimum atomic E-state index is 0.0685. The van der Waals surface area contributed by atoms with Crippen molar-refractivity contribution in [2.75, 3.05) is 7.11 Å². The van der Waals surface area contributed by atoms with Crippen LogP contribution >= 0.6 is 11.3 Å². The zero-order chi connectivity index (χ0) is 16.7. The van der Waals surface area contributed by atoms with Gasteiger partial charge in [0, 0.05) is 26.1 Å². The lowest BCUT2D eigenvalue weighted by atomic mass is 9.96. The molecule has 0 bridgehead atoms. The van der Waals surface area contributed by atoms with Crippen molar-refractivity contribution < 1.29 is 9.53 Å². The molecule has 118 valence electrons. The fourth-order valence-corrected chi connectivity index (χ4v) is 4.08. The molecule has 0 unspecified atom stereocenters. The van der Waals surface area contributed by atoms with E-state index in [1.165, 1.54) is 10.3 Å². The Hall–Kier alpha value is -2.13. The van der Waals surface area contributed by atoms with Crippen LogP contribution in [-0.2, 0) is 0 Å². The molecule has 0 spiro atoms. The molecule has 0 aliphatic heterocycles. The summed E-state index contributed by atoms with van der Waals surface area (Å²) >= 11 is 1.68. The van der Waals surface area contributed by atoms with Gasteiger partial charge in [-0.05, 0) is 62.6 Å². The molecule has 1 heterocycles. The topological polar surface area (TPSA) is 26.3 Å². The van der Waals surface area contributed by atoms with Gasteiger partial charge in [0.15, 0.2) is 5.78 Å². The summed E-state index contributed by atoms with van der Waals surface area (Å²) in [6.45, 7) is 8.11. The number of thiophene rings is 1. The van der Waals surface area contributed by atoms with Gasteiger partial charge in [0.25, 0.3) is 0 Å². The molecule has 0 atom stereocenters. The molecule has 3 rings (SSSR count). The molecule has 1 aromatic heterocycles. The van der Waals surface area contributed by atoms with E-state index in [-0.39, 0.29) is 5.78 Å². The predicted octanol–water partition coefficient (Wildman–Crippen LogP) is 5.37. The summed E-state index contributed by atoms with van der Waals surface area (Å²) < 4.78 is 6.59. The Labute approximate surface area is 140 Å². The number of rotatable bonds is 3. The monoisotopic (exact) mass is 324 g/mol. The molecule has 0 aliphatic carbocycles. The molecule has 3 heteroatoms. The minimum Gasteiger partial charge on any atom is -0.496 e. The van der Waals surface area contributed by atoms with E-state index in [0.717, 1.165) is 32.7 Å². The number of fused-ring (bicyclic) bond motifs is 1. The maximum absolute atomic E-state index is 13.1. The van der Waals surface area contributed by atoms with Crippen LogP contribution in [0.3, 0.4) is 0 Å². The van der Waals surface area contributed by atoms with Gasteiger partial charge in [-0.2, -0.15) is 0 Å². The van der Waals surface area contributed by atoms with E-state index < -0.39 is 0 Å². The van der Waals surface area contributed by atoms with Gasteiger partial charge in [-0.1, -0.05) is 12.1 Å². The first kappa shape index (κ1) is 15.8. The molecule has 0 aliphatic rings. The molecule has 0 fully saturated rings. The summed E-state index contributed by atoms with van der Waals surface area (Å²) in [5.74, 6) is 0.834. The predicted molar refractivity (Wildman–Crippen MR) is 97.2 cm³/mol. The van der Waals surface area contributed by atoms with Gasteiger partial charge < -0.3 is 4.74 Å². The van der Waals surface area contributed by atoms with Gasteiger partial charge in [-0.3, -0.25) is 4.79 Å². The van der Waals surface area contributed by atoms with E-state index in [9.17, 15) is 4.79 Å². The lowest BCUT2D eigenvalue weighted by Crippen LogP contribution is -2.04. The third-order valence-electron chi connectivity index (χ3n) is 4.35. The zero-order valence-electron chi connectivity index (χ0n) is 14.1. The van der Waals surface area contributed by atoms with Crippen molar-refractivity contribution >= 4 is 27.2 Å². The molecule has 0 saturated carbocycles. The van der Waals surface area contributed by atoms with Crippen LogP contribution in [-0.4, -0.2) is 12.9 Å². The van der Waals surface area contributed by atoms with Gasteiger partial charge in [0.05, 0.1) is 7.11 Å². The molecule has 2 nitrogen and oxygen atoms in total. The van der Waals surface area contributed by atoms with Gasteiger partial charge >= 0.3 is 0 Å². The fourth-order valence-electron chi connectivity index (χ4n) is 2.92. The minimum absolute atomic E-state index is 0.0685. The van der Waals surface area contributed by atoms with Crippen LogP contribution in [0.15, 0.2) is 30.3 Å². The van der Waals surface area contributed by atoms with E-state index in [2.05, 4.69) is 25.1 Å². The lowest BCUT2D eigenvalue weighted by molar-refractivity contribution is 0.103. The van der Waals surface area contributed by atoms with Crippen LogP contribution < -0.4 is 4.74 Å². The van der Waals surface area contributed by atoms with Crippen LogP contribution in [0.2, 0.25) is 0 Å². The molecule has 0 amide bonds. The molecule has 0 saturated heterocycles. The highest BCUT2D eigenvalue weighted by Gasteiger charge is 2.19. The first-order valence-corrected chi connectivity index (χ1v) is 8.43. The molecule has 2 aromatic carbocycles. The number of hydrogen-bond donors (Lipinski definition) is 0. The first-order valence-electron chi connectivity index (χ1n) is 7.62. The molecular formula is C20H20O2S. The second kappa shape index (κ2) is 5.82. The Morgan fingerprint density at radius 1 is 1.04 bits per heavy atom. The zero-order valence-corrected chi connectivity index (χ0v) is 14.9. The number of hydrogen-bond acceptors (Lipinski definition) is 3. The Balaban J connectivity index is 2.18. The van der Waals surface area contributed by atoms with Crippen molar-refractivity contribution in [2.24, 2.45) is 0 Å². The number of carbonyl (C=O) groups excluding carboxylic acids is 1. The molecule has 3 aromatic rings. The summed E-state index contributed by atoms with van der Waals surface area (Å²) in [4.78, 5) is 14.2. The summed E-state index contributed by atoms with van der Waals surface area (Å²) in [5.41, 5.74) is 4.86. The van der Waals surface area contributed by atoms with E-state index >= 15 is 0 Å². The largest absolute Gasteiger partial charge is 0.496 e. The van der Waals surface area contributed by atoms with Crippen molar-refractivity contribution in [3.63, 3.8) is 0 Å². The normalized spacial score (nSPS) is 11.0. The van der Waals surface area contributed by atoms with E-state index in [4.69, 9.17) is 4.74 Å². The number of aryl methyl sites for hydroxylation is 3. The average Bonchev–Trinajstić information content (AvgIpc) is 2.83. The fraction of sp³-hybridized carbons (Fsp3) is 0.250. The van der Waals surface area contributed by atoms with Gasteiger partial charge in [-0.15, -0.1) is 11.3 Å². The van der Waals surface area contributed by atoms with E-state index in [1.54, 1.807) is 18.4 Å². The highest BCUT2D eigenvalue weighted by molar-refractivity contribution is 7.19. The third-order valence-corrected chi connectivity index (χ3v) is 5.42. The van der Waals surface area contributed by atoms with Crippen molar-refractivity contribution in [1.29, 1.82) is 0 Å². The van der Waals surface area contributed by atoms with Gasteiger partial charge in [0.1, 0.15) is 5.75 Å². The highest BCUT2D eigenvalue weighted by atomic mass is 32.1. The maximum atomic E-state index is 13.1. The third kappa shape index (κ3) is 2.66. The number of ketones is 1. The van der Waals surface area contributed by atoms with Crippen LogP contribution in [0, 0.1) is 27.7 Å². The van der Waals surface area contributed by atoms with Gasteiger partial charge in [0.2, 0.25) is 0 Å². The van der Waals surface area contributed by atoms with Crippen LogP contribution in [0.1, 0.15) is 37.5 Å². The highest BCUT2D eigenvalue weighted by Crippen LogP contribution is 2.34. The lowest BCUT2D eigenvalue weighted by Gasteiger charge is -2.11. The second-order valence-corrected chi connectivity index (χ2v) is 7.24. The van der Waals surface area contributed by atoms with Gasteiger partial charge in [-0.25, -0.2) is 0 Å². The first-order chi connectivity index (χ1) is 10.9. The SMILES string of the molecule is COc1cc(C(=O)c2c(C)sc3cc(C)ccc23)cc(C)c1C. The molecule has 0 radical (unpaired) electrons. The van der Waals surface area contributed by atoms with Crippen molar-refractivity contribution in [3.8, 4) is 5.75 Å². The Kier molecular flexibility index (Phi) is 3.99. The molecule has 0 N–H and O–H groups in total. The summed E-state index contributed by atoms with van der Waals surface area (Å²) in [6, 6.07) is 10.1. The van der Waals surface area contributed by atoms with Crippen LogP contribution in [0.4, 0.5) is 0 Å². The quantitative estimate of drug-likeness (QED) is 0.605. The summed E-state index contributed by atoms with van der Waals surface area (Å²) in [5, 5.41) is 1.04. The van der Waals surface area contributed by atoms with Crippen molar-refractivity contribution in [1.82, 2.24) is 0 Å². The van der Waals surface area contributed by atoms with E-state index in [0.29, 0.717) is 5.56 Å². The Bertz CT molecular complexity index is 919. The summed E-state index contributed by atoms with van der Waals surface area (Å²) in [6.07, 6.45) is 0. The van der Waals surface area contributed by atoms with Crippen molar-refractivity contribution in [2.45, 2.75) is 27.7 Å². The van der Waals surface area contributed by atoms with E-state index in [1.807, 2.05) is 32.9 Å². The standard InChI is InChI=1S/C20H20O2S/c1-11-6-7-16-18(8-11)23-14(4)19(16)20(21)15-9-12(2)13(3)17(10-15)22-5/h6-10H,1-5H3. The molecular weight excluding hydrogens is 304 g/mol. The number of ether oxygens (including phenoxy) is 1. The number of benzene rings is 2. The van der Waals surface area contributed by atoms with Crippen LogP contribution in [0.5, 0.6) is 5.75 Å². The summed E-state index contributed by atoms with van der Waals surface area (Å²) in [7, 11) is 1.64. The molecule has 23 heavy (non-hydrogen) atoms. The number of carbonyl (C=O) groups is 1. The second-order valence-electron chi connectivity index (χ2n) is 5.98. The smallest absolute Gasteiger partial charge is 0.194 e. The Morgan fingerprint density at radius 3 is 2.48 bits per heavy atom. The van der Waals surface area contributed by atoms with Crippen molar-refractivity contribution in [3.05, 3.63) is 63.0 Å². The van der Waals surface area contributed by atoms with Crippen LogP contribution in [0.25, 0.3) is 10.1 Å².